The highest BCUT2D eigenvalue weighted by atomic mass is 16.5. The highest BCUT2D eigenvalue weighted by molar-refractivity contribution is 5.98. The highest BCUT2D eigenvalue weighted by Crippen LogP contribution is 2.19. The number of carbonyl (C=O) groups is 2. The minimum atomic E-state index is -0.981. The maximum atomic E-state index is 12.0. The summed E-state index contributed by atoms with van der Waals surface area (Å²) in [6.07, 6.45) is 4.22. The number of carbonyl (C=O) groups excluding carboxylic acids is 1. The second kappa shape index (κ2) is 10.4. The molecule has 6 heteroatoms. The van der Waals surface area contributed by atoms with Crippen LogP contribution in [0, 0.1) is 0 Å². The minimum Gasteiger partial charge on any atom is -0.478 e. The van der Waals surface area contributed by atoms with Gasteiger partial charge in [0.2, 0.25) is 0 Å². The molecule has 24 heavy (non-hydrogen) atoms. The minimum absolute atomic E-state index is 0. The predicted octanol–water partition coefficient (Wildman–Crippen LogP) is 4.60. The van der Waals surface area contributed by atoms with Crippen LogP contribution in [0.25, 0.3) is 10.8 Å². The van der Waals surface area contributed by atoms with E-state index in [0.717, 1.165) is 36.5 Å². The van der Waals surface area contributed by atoms with Crippen molar-refractivity contribution in [1.82, 2.24) is 12.3 Å². The van der Waals surface area contributed by atoms with Crippen molar-refractivity contribution in [2.24, 2.45) is 0 Å². The summed E-state index contributed by atoms with van der Waals surface area (Å²) in [5.41, 5.74) is 0.656. The molecule has 0 saturated carbocycles. The Morgan fingerprint density at radius 3 is 2.17 bits per heavy atom. The smallest absolute Gasteiger partial charge is 0.338 e. The molecule has 0 saturated heterocycles. The van der Waals surface area contributed by atoms with Gasteiger partial charge < -0.3 is 22.1 Å². The van der Waals surface area contributed by atoms with E-state index in [0.29, 0.717) is 12.2 Å². The predicted molar refractivity (Wildman–Crippen MR) is 95.4 cm³/mol. The van der Waals surface area contributed by atoms with Crippen LogP contribution in [0.5, 0.6) is 0 Å². The van der Waals surface area contributed by atoms with Gasteiger partial charge in [0.25, 0.3) is 0 Å². The van der Waals surface area contributed by atoms with Crippen molar-refractivity contribution in [2.45, 2.75) is 32.6 Å². The molecular formula is C18H26N2O4. The number of carboxylic acid groups (broad SMARTS) is 1. The molecule has 2 rings (SSSR count). The van der Waals surface area contributed by atoms with Crippen LogP contribution in [-0.4, -0.2) is 23.7 Å². The van der Waals surface area contributed by atoms with Crippen molar-refractivity contribution >= 4 is 22.7 Å². The second-order valence-electron chi connectivity index (χ2n) is 5.28. The summed E-state index contributed by atoms with van der Waals surface area (Å²) in [7, 11) is 0. The average molecular weight is 334 g/mol. The Balaban J connectivity index is 0.00000264. The number of aromatic carboxylic acids is 1. The molecule has 0 radical (unpaired) electrons. The summed E-state index contributed by atoms with van der Waals surface area (Å²) in [6, 6.07) is 10.0. The molecular weight excluding hydrogens is 308 g/mol. The van der Waals surface area contributed by atoms with Crippen molar-refractivity contribution in [1.29, 1.82) is 0 Å². The van der Waals surface area contributed by atoms with Crippen molar-refractivity contribution in [3.05, 3.63) is 47.5 Å². The Bertz CT molecular complexity index is 686. The van der Waals surface area contributed by atoms with Gasteiger partial charge in [-0.3, -0.25) is 0 Å². The molecule has 0 fully saturated rings. The summed E-state index contributed by atoms with van der Waals surface area (Å²) in [4.78, 5) is 23.0. The van der Waals surface area contributed by atoms with Gasteiger partial charge in [-0.05, 0) is 41.5 Å². The first-order chi connectivity index (χ1) is 10.6. The van der Waals surface area contributed by atoms with Gasteiger partial charge in [-0.25, -0.2) is 9.59 Å². The summed E-state index contributed by atoms with van der Waals surface area (Å²) < 4.78 is 5.25. The lowest BCUT2D eigenvalue weighted by molar-refractivity contribution is 0.0497. The third-order valence-electron chi connectivity index (χ3n) is 3.55. The van der Waals surface area contributed by atoms with E-state index >= 15 is 0 Å². The number of hydrogen-bond donors (Lipinski definition) is 3. The Morgan fingerprint density at radius 1 is 0.917 bits per heavy atom. The van der Waals surface area contributed by atoms with Gasteiger partial charge in [-0.2, -0.15) is 0 Å². The van der Waals surface area contributed by atoms with Crippen molar-refractivity contribution in [3.63, 3.8) is 0 Å². The number of fused-ring (bicyclic) bond motifs is 1. The number of esters is 1. The number of ether oxygens (including phenoxy) is 1. The van der Waals surface area contributed by atoms with Crippen LogP contribution in [0.4, 0.5) is 0 Å². The highest BCUT2D eigenvalue weighted by Gasteiger charge is 2.09. The van der Waals surface area contributed by atoms with E-state index in [2.05, 4.69) is 6.92 Å². The largest absolute Gasteiger partial charge is 0.478 e. The Morgan fingerprint density at radius 2 is 1.54 bits per heavy atom. The number of unbranched alkanes of at least 4 members (excludes halogenated alkanes) is 3. The molecule has 0 spiro atoms. The molecule has 0 aliphatic rings. The van der Waals surface area contributed by atoms with Gasteiger partial charge in [0.1, 0.15) is 0 Å². The quantitative estimate of drug-likeness (QED) is 0.500. The fraction of sp³-hybridized carbons (Fsp3) is 0.333. The fourth-order valence-corrected chi connectivity index (χ4v) is 2.28. The molecule has 0 aromatic heterocycles. The number of benzene rings is 2. The third kappa shape index (κ3) is 5.64. The van der Waals surface area contributed by atoms with E-state index in [9.17, 15) is 9.59 Å². The standard InChI is InChI=1S/C18H20O4.2H3N/c1-2-3-4-5-10-22-18(21)15-9-7-13-6-8-14(17(19)20)11-16(13)12-15;;/h6-9,11-12H,2-5,10H2,1H3,(H,19,20);2*1H3. The third-order valence-corrected chi connectivity index (χ3v) is 3.55. The van der Waals surface area contributed by atoms with E-state index < -0.39 is 5.97 Å². The molecule has 0 aliphatic heterocycles. The van der Waals surface area contributed by atoms with Gasteiger partial charge in [-0.1, -0.05) is 38.3 Å². The van der Waals surface area contributed by atoms with Crippen LogP contribution in [0.15, 0.2) is 36.4 Å². The number of rotatable bonds is 7. The molecule has 0 heterocycles. The van der Waals surface area contributed by atoms with Crippen LogP contribution < -0.4 is 12.3 Å². The first kappa shape index (κ1) is 21.6. The molecule has 0 atom stereocenters. The van der Waals surface area contributed by atoms with E-state index in [1.807, 2.05) is 0 Å². The zero-order valence-corrected chi connectivity index (χ0v) is 14.1. The fourth-order valence-electron chi connectivity index (χ4n) is 2.28. The van der Waals surface area contributed by atoms with E-state index in [1.165, 1.54) is 0 Å². The summed E-state index contributed by atoms with van der Waals surface area (Å²) in [5.74, 6) is -1.34. The van der Waals surface area contributed by atoms with Crippen LogP contribution >= 0.6 is 0 Å². The molecule has 7 N–H and O–H groups in total. The molecule has 0 unspecified atom stereocenters. The number of carboxylic acids is 1. The van der Waals surface area contributed by atoms with Gasteiger partial charge in [0.05, 0.1) is 17.7 Å². The molecule has 2 aromatic rings. The maximum Gasteiger partial charge on any atom is 0.338 e. The normalized spacial score (nSPS) is 9.71. The Labute approximate surface area is 142 Å². The van der Waals surface area contributed by atoms with Crippen LogP contribution in [0.3, 0.4) is 0 Å². The van der Waals surface area contributed by atoms with Crippen LogP contribution in [0.2, 0.25) is 0 Å². The van der Waals surface area contributed by atoms with Crippen molar-refractivity contribution in [2.75, 3.05) is 6.61 Å². The topological polar surface area (TPSA) is 134 Å². The molecule has 132 valence electrons. The van der Waals surface area contributed by atoms with Gasteiger partial charge >= 0.3 is 11.9 Å². The van der Waals surface area contributed by atoms with Gasteiger partial charge in [0, 0.05) is 0 Å². The SMILES string of the molecule is CCCCCCOC(=O)c1ccc2ccc(C(=O)O)cc2c1.N.N. The lowest BCUT2D eigenvalue weighted by atomic mass is 10.0. The van der Waals surface area contributed by atoms with Gasteiger partial charge in [0.15, 0.2) is 0 Å². The Hall–Kier alpha value is -2.44. The lowest BCUT2D eigenvalue weighted by Gasteiger charge is -2.06. The molecule has 0 aliphatic carbocycles. The maximum absolute atomic E-state index is 12.0. The zero-order valence-electron chi connectivity index (χ0n) is 14.1. The monoisotopic (exact) mass is 334 g/mol. The second-order valence-corrected chi connectivity index (χ2v) is 5.28. The summed E-state index contributed by atoms with van der Waals surface area (Å²) >= 11 is 0. The van der Waals surface area contributed by atoms with Crippen molar-refractivity contribution < 1.29 is 19.4 Å². The van der Waals surface area contributed by atoms with E-state index in [1.54, 1.807) is 36.4 Å². The molecule has 0 bridgehead atoms. The van der Waals surface area contributed by atoms with Crippen LogP contribution in [0.1, 0.15) is 53.3 Å². The first-order valence-electron chi connectivity index (χ1n) is 7.56. The van der Waals surface area contributed by atoms with Gasteiger partial charge in [-0.15, -0.1) is 0 Å². The zero-order chi connectivity index (χ0) is 15.9. The molecule has 2 aromatic carbocycles. The number of hydrogen-bond acceptors (Lipinski definition) is 5. The van der Waals surface area contributed by atoms with E-state index in [4.69, 9.17) is 9.84 Å². The first-order valence-corrected chi connectivity index (χ1v) is 7.56. The summed E-state index contributed by atoms with van der Waals surface area (Å²) in [6.45, 7) is 2.55. The van der Waals surface area contributed by atoms with Crippen LogP contribution in [-0.2, 0) is 4.74 Å². The lowest BCUT2D eigenvalue weighted by Crippen LogP contribution is -2.06. The van der Waals surface area contributed by atoms with Crippen molar-refractivity contribution in [3.8, 4) is 0 Å². The average Bonchev–Trinajstić information content (AvgIpc) is 2.53. The summed E-state index contributed by atoms with van der Waals surface area (Å²) in [5, 5.41) is 10.6. The van der Waals surface area contributed by atoms with E-state index in [-0.39, 0.29) is 23.8 Å². The Kier molecular flexibility index (Phi) is 9.30. The molecule has 0 amide bonds. The molecule has 6 nitrogen and oxygen atoms in total.